The molecule has 190 valence electrons. The molecule has 10 nitrogen and oxygen atoms in total. The van der Waals surface area contributed by atoms with Crippen LogP contribution in [0, 0.1) is 0 Å². The molecule has 1 amide bonds. The predicted molar refractivity (Wildman–Crippen MR) is 130 cm³/mol. The van der Waals surface area contributed by atoms with Gasteiger partial charge in [0.2, 0.25) is 20.0 Å². The summed E-state index contributed by atoms with van der Waals surface area (Å²) in [7, 11) is -5.71. The minimum absolute atomic E-state index is 0.0398. The first-order valence-electron chi connectivity index (χ1n) is 11.3. The quantitative estimate of drug-likeness (QED) is 0.561. The van der Waals surface area contributed by atoms with Crippen LogP contribution in [0.5, 0.6) is 5.75 Å². The highest BCUT2D eigenvalue weighted by Gasteiger charge is 2.28. The topological polar surface area (TPSA) is 122 Å². The van der Waals surface area contributed by atoms with E-state index in [0.29, 0.717) is 43.2 Å². The van der Waals surface area contributed by atoms with Crippen molar-refractivity contribution in [3.05, 3.63) is 53.6 Å². The zero-order valence-corrected chi connectivity index (χ0v) is 21.1. The minimum Gasteiger partial charge on any atom is -0.495 e. The zero-order chi connectivity index (χ0) is 25.1. The molecule has 0 bridgehead atoms. The smallest absolute Gasteiger partial charge is 0.255 e. The Bertz CT molecular complexity index is 1270. The van der Waals surface area contributed by atoms with E-state index in [2.05, 4.69) is 5.32 Å². The van der Waals surface area contributed by atoms with Gasteiger partial charge in [0.05, 0.1) is 36.7 Å². The summed E-state index contributed by atoms with van der Waals surface area (Å²) in [4.78, 5) is 12.9. The molecule has 2 aromatic carbocycles. The molecule has 0 radical (unpaired) electrons. The van der Waals surface area contributed by atoms with Gasteiger partial charge in [0.25, 0.3) is 5.91 Å². The van der Waals surface area contributed by atoms with Gasteiger partial charge in [-0.2, -0.15) is 4.31 Å². The SMILES string of the molecule is COc1ccc(S(=O)(=O)N2CCOCC2)cc1NC(=O)c1ccc(CS(=O)(=O)N2CCCC2)cc1. The molecule has 35 heavy (non-hydrogen) atoms. The first-order valence-corrected chi connectivity index (χ1v) is 14.4. The van der Waals surface area contributed by atoms with Crippen molar-refractivity contribution < 1.29 is 31.1 Å². The van der Waals surface area contributed by atoms with E-state index in [1.807, 2.05) is 0 Å². The maximum absolute atomic E-state index is 13.0. The molecule has 0 saturated carbocycles. The number of morpholine rings is 1. The monoisotopic (exact) mass is 523 g/mol. The van der Waals surface area contributed by atoms with Gasteiger partial charge in [0, 0.05) is 31.7 Å². The van der Waals surface area contributed by atoms with Crippen molar-refractivity contribution in [3.8, 4) is 5.75 Å². The fourth-order valence-electron chi connectivity index (χ4n) is 4.10. The standard InChI is InChI=1S/C23H29N3O7S2/c1-32-22-9-8-20(35(30,31)26-12-14-33-15-13-26)16-21(22)24-23(27)19-6-4-18(5-7-19)17-34(28,29)25-10-2-3-11-25/h4-9,16H,2-3,10-15,17H2,1H3,(H,24,27). The molecule has 0 aliphatic carbocycles. The molecule has 4 rings (SSSR count). The predicted octanol–water partition coefficient (Wildman–Crippen LogP) is 1.89. The van der Waals surface area contributed by atoms with Crippen molar-refractivity contribution in [3.63, 3.8) is 0 Å². The fourth-order valence-corrected chi connectivity index (χ4v) is 7.14. The van der Waals surface area contributed by atoms with Crippen molar-refractivity contribution in [2.24, 2.45) is 0 Å². The lowest BCUT2D eigenvalue weighted by Crippen LogP contribution is -2.40. The number of hydrogen-bond acceptors (Lipinski definition) is 7. The normalized spacial score (nSPS) is 17.9. The molecular formula is C23H29N3O7S2. The van der Waals surface area contributed by atoms with Crippen LogP contribution in [0.2, 0.25) is 0 Å². The molecule has 0 unspecified atom stereocenters. The van der Waals surface area contributed by atoms with Crippen molar-refractivity contribution in [1.29, 1.82) is 0 Å². The largest absolute Gasteiger partial charge is 0.495 e. The zero-order valence-electron chi connectivity index (χ0n) is 19.5. The lowest BCUT2D eigenvalue weighted by molar-refractivity contribution is 0.0730. The second-order valence-electron chi connectivity index (χ2n) is 8.39. The number of rotatable bonds is 8. The molecule has 2 heterocycles. The number of nitrogens with zero attached hydrogens (tertiary/aromatic N) is 2. The van der Waals surface area contributed by atoms with Gasteiger partial charge in [0.1, 0.15) is 5.75 Å². The van der Waals surface area contributed by atoms with E-state index in [-0.39, 0.29) is 29.4 Å². The van der Waals surface area contributed by atoms with Crippen LogP contribution in [0.25, 0.3) is 0 Å². The molecule has 12 heteroatoms. The highest BCUT2D eigenvalue weighted by Crippen LogP contribution is 2.30. The van der Waals surface area contributed by atoms with Gasteiger partial charge in [0.15, 0.2) is 0 Å². The van der Waals surface area contributed by atoms with E-state index < -0.39 is 26.0 Å². The number of carbonyl (C=O) groups excluding carboxylic acids is 1. The molecule has 2 fully saturated rings. The summed E-state index contributed by atoms with van der Waals surface area (Å²) in [6, 6.07) is 10.6. The number of hydrogen-bond donors (Lipinski definition) is 1. The van der Waals surface area contributed by atoms with Crippen molar-refractivity contribution in [1.82, 2.24) is 8.61 Å². The average Bonchev–Trinajstić information content (AvgIpc) is 3.41. The van der Waals surface area contributed by atoms with Crippen LogP contribution in [0.15, 0.2) is 47.4 Å². The molecule has 2 aromatic rings. The van der Waals surface area contributed by atoms with Gasteiger partial charge < -0.3 is 14.8 Å². The third-order valence-electron chi connectivity index (χ3n) is 6.05. The third-order valence-corrected chi connectivity index (χ3v) is 9.80. The van der Waals surface area contributed by atoms with Gasteiger partial charge >= 0.3 is 0 Å². The van der Waals surface area contributed by atoms with Crippen LogP contribution in [0.1, 0.15) is 28.8 Å². The van der Waals surface area contributed by atoms with Gasteiger partial charge in [-0.3, -0.25) is 4.79 Å². The van der Waals surface area contributed by atoms with Crippen LogP contribution < -0.4 is 10.1 Å². The third kappa shape index (κ3) is 5.84. The Kier molecular flexibility index (Phi) is 7.77. The Hall–Kier alpha value is -2.51. The summed E-state index contributed by atoms with van der Waals surface area (Å²) in [5, 5.41) is 2.71. The first-order chi connectivity index (χ1) is 16.7. The van der Waals surface area contributed by atoms with Gasteiger partial charge in [-0.1, -0.05) is 12.1 Å². The number of ether oxygens (including phenoxy) is 2. The summed E-state index contributed by atoms with van der Waals surface area (Å²) in [6.45, 7) is 2.27. The van der Waals surface area contributed by atoms with Gasteiger partial charge in [-0.25, -0.2) is 21.1 Å². The summed E-state index contributed by atoms with van der Waals surface area (Å²) >= 11 is 0. The van der Waals surface area contributed by atoms with Crippen LogP contribution in [-0.4, -0.2) is 77.9 Å². The summed E-state index contributed by atoms with van der Waals surface area (Å²) in [5.41, 5.74) is 1.10. The molecule has 0 aromatic heterocycles. The number of nitrogens with one attached hydrogen (secondary N) is 1. The number of sulfonamides is 2. The average molecular weight is 524 g/mol. The summed E-state index contributed by atoms with van der Waals surface area (Å²) in [6.07, 6.45) is 1.74. The maximum Gasteiger partial charge on any atom is 0.255 e. The Morgan fingerprint density at radius 3 is 2.23 bits per heavy atom. The second kappa shape index (κ2) is 10.6. The van der Waals surface area contributed by atoms with Gasteiger partial charge in [-0.15, -0.1) is 0 Å². The Labute approximate surface area is 205 Å². The lowest BCUT2D eigenvalue weighted by Gasteiger charge is -2.26. The number of methoxy groups -OCH3 is 1. The summed E-state index contributed by atoms with van der Waals surface area (Å²) < 4.78 is 64.5. The van der Waals surface area contributed by atoms with E-state index in [9.17, 15) is 21.6 Å². The lowest BCUT2D eigenvalue weighted by atomic mass is 10.1. The molecule has 2 aliphatic rings. The highest BCUT2D eigenvalue weighted by molar-refractivity contribution is 7.89. The van der Waals surface area contributed by atoms with E-state index in [4.69, 9.17) is 9.47 Å². The summed E-state index contributed by atoms with van der Waals surface area (Å²) in [5.74, 6) is -0.282. The van der Waals surface area contributed by atoms with Crippen LogP contribution in [0.3, 0.4) is 0 Å². The van der Waals surface area contributed by atoms with Crippen LogP contribution >= 0.6 is 0 Å². The molecular weight excluding hydrogens is 494 g/mol. The number of carbonyl (C=O) groups is 1. The van der Waals surface area contributed by atoms with E-state index >= 15 is 0 Å². The maximum atomic E-state index is 13.0. The van der Waals surface area contributed by atoms with Crippen LogP contribution in [-0.2, 0) is 30.5 Å². The molecule has 1 N–H and O–H groups in total. The van der Waals surface area contributed by atoms with E-state index in [0.717, 1.165) is 12.8 Å². The number of amides is 1. The van der Waals surface area contributed by atoms with Gasteiger partial charge in [-0.05, 0) is 48.7 Å². The Morgan fingerprint density at radius 2 is 1.60 bits per heavy atom. The Morgan fingerprint density at radius 1 is 0.943 bits per heavy atom. The van der Waals surface area contributed by atoms with Crippen LogP contribution in [0.4, 0.5) is 5.69 Å². The van der Waals surface area contributed by atoms with E-state index in [1.165, 1.54) is 33.9 Å². The van der Waals surface area contributed by atoms with Crippen molar-refractivity contribution in [2.75, 3.05) is 51.8 Å². The number of anilines is 1. The molecule has 0 atom stereocenters. The van der Waals surface area contributed by atoms with E-state index in [1.54, 1.807) is 24.3 Å². The fraction of sp³-hybridized carbons (Fsp3) is 0.435. The first kappa shape index (κ1) is 25.6. The Balaban J connectivity index is 1.49. The highest BCUT2D eigenvalue weighted by atomic mass is 32.2. The second-order valence-corrected chi connectivity index (χ2v) is 12.3. The van der Waals surface area contributed by atoms with Crippen molar-refractivity contribution in [2.45, 2.75) is 23.5 Å². The number of benzene rings is 2. The van der Waals surface area contributed by atoms with Crippen molar-refractivity contribution >= 4 is 31.6 Å². The molecule has 2 saturated heterocycles. The minimum atomic E-state index is -3.75. The molecule has 2 aliphatic heterocycles. The molecule has 0 spiro atoms.